The fourth-order valence-corrected chi connectivity index (χ4v) is 5.38. The van der Waals surface area contributed by atoms with E-state index in [1.165, 1.54) is 12.0 Å². The summed E-state index contributed by atoms with van der Waals surface area (Å²) in [5, 5.41) is 7.49. The average molecular weight is 556 g/mol. The number of halogens is 2. The Hall–Kier alpha value is -3.31. The van der Waals surface area contributed by atoms with Crippen molar-refractivity contribution < 1.29 is 14.2 Å². The molecule has 0 unspecified atom stereocenters. The van der Waals surface area contributed by atoms with Crippen molar-refractivity contribution in [1.82, 2.24) is 24.4 Å². The number of hydrogen-bond donors (Lipinski definition) is 0. The molecule has 0 aliphatic carbocycles. The molecule has 4 aromatic rings. The smallest absolute Gasteiger partial charge is 0.217 e. The molecule has 2 fully saturated rings. The highest BCUT2D eigenvalue weighted by Crippen LogP contribution is 2.40. The van der Waals surface area contributed by atoms with Crippen LogP contribution in [0, 0.1) is 0 Å². The lowest BCUT2D eigenvalue weighted by molar-refractivity contribution is -0.190. The van der Waals surface area contributed by atoms with Crippen molar-refractivity contribution in [3.63, 3.8) is 0 Å². The van der Waals surface area contributed by atoms with E-state index in [2.05, 4.69) is 37.1 Å². The Balaban J connectivity index is 1.07. The van der Waals surface area contributed by atoms with Gasteiger partial charge in [-0.25, -0.2) is 14.6 Å². The lowest BCUT2D eigenvalue weighted by Gasteiger charge is -2.37. The topological polar surface area (TPSA) is 82.7 Å². The van der Waals surface area contributed by atoms with E-state index in [4.69, 9.17) is 37.4 Å². The first-order valence-electron chi connectivity index (χ1n) is 12.4. The summed E-state index contributed by atoms with van der Waals surface area (Å²) in [6.07, 6.45) is 8.39. The van der Waals surface area contributed by atoms with Gasteiger partial charge in [0.25, 0.3) is 0 Å². The molecule has 2 aromatic heterocycles. The summed E-state index contributed by atoms with van der Waals surface area (Å²) in [5.41, 5.74) is 1.85. The van der Waals surface area contributed by atoms with Crippen LogP contribution in [-0.2, 0) is 21.8 Å². The molecule has 0 N–H and O–H groups in total. The predicted octanol–water partition coefficient (Wildman–Crippen LogP) is 3.59. The van der Waals surface area contributed by atoms with Crippen LogP contribution in [0.3, 0.4) is 0 Å². The Morgan fingerprint density at radius 2 is 1.84 bits per heavy atom. The van der Waals surface area contributed by atoms with Crippen molar-refractivity contribution in [1.29, 1.82) is 0 Å². The summed E-state index contributed by atoms with van der Waals surface area (Å²) >= 11 is 12.7. The highest BCUT2D eigenvalue weighted by Gasteiger charge is 2.45. The molecule has 0 saturated carbocycles. The third-order valence-electron chi connectivity index (χ3n) is 6.75. The first-order chi connectivity index (χ1) is 18.6. The van der Waals surface area contributed by atoms with E-state index in [9.17, 15) is 0 Å². The van der Waals surface area contributed by atoms with Gasteiger partial charge in [-0.05, 0) is 36.4 Å². The van der Waals surface area contributed by atoms with Crippen LogP contribution in [0.15, 0.2) is 73.8 Å². The molecule has 4 heterocycles. The molecule has 0 radical (unpaired) electrons. The Bertz CT molecular complexity index is 1330. The number of hydrogen-bond acceptors (Lipinski definition) is 8. The van der Waals surface area contributed by atoms with E-state index in [0.717, 1.165) is 31.9 Å². The molecule has 2 atom stereocenters. The number of benzene rings is 2. The number of ether oxygens (including phenoxy) is 3. The van der Waals surface area contributed by atoms with Crippen molar-refractivity contribution in [2.75, 3.05) is 49.3 Å². The van der Waals surface area contributed by atoms with Crippen LogP contribution in [0.2, 0.25) is 10.0 Å². The second-order valence-corrected chi connectivity index (χ2v) is 10.1. The summed E-state index contributed by atoms with van der Waals surface area (Å²) < 4.78 is 22.4. The monoisotopic (exact) mass is 555 g/mol. The standard InChI is InChI=1S/C26H27Cl2N7O3/c27-20-1-6-24(25(28)13-20)26(16-33-18-30-17-31-33)37-15-23(38-26)14-36-22-4-2-21(3-5-22)32-9-11-34(12-10-32)35-8-7-29-19-35/h1-8,13,17-19,23H,9-12,14-16H2/t23-,26-/m1/s1. The van der Waals surface area contributed by atoms with Crippen molar-refractivity contribution >= 4 is 28.9 Å². The molecule has 2 aliphatic heterocycles. The van der Waals surface area contributed by atoms with Gasteiger partial charge in [0.1, 0.15) is 44.0 Å². The normalized spacial score (nSPS) is 21.7. The van der Waals surface area contributed by atoms with Crippen molar-refractivity contribution in [3.8, 4) is 5.75 Å². The minimum atomic E-state index is -1.13. The number of anilines is 1. The van der Waals surface area contributed by atoms with Crippen LogP contribution in [0.5, 0.6) is 5.75 Å². The predicted molar refractivity (Wildman–Crippen MR) is 143 cm³/mol. The fourth-order valence-electron chi connectivity index (χ4n) is 4.83. The minimum absolute atomic E-state index is 0.285. The van der Waals surface area contributed by atoms with Gasteiger partial charge in [-0.15, -0.1) is 0 Å². The number of rotatable bonds is 8. The number of imidazole rings is 1. The third-order valence-corrected chi connectivity index (χ3v) is 7.30. The maximum absolute atomic E-state index is 6.54. The fraction of sp³-hybridized carbons (Fsp3) is 0.346. The SMILES string of the molecule is Clc1ccc([C@]2(Cn3cncn3)OC[C@@H](COc3ccc(N4CCN(n5ccnc5)CC4)cc3)O2)c(Cl)c1. The third kappa shape index (κ3) is 5.30. The Labute approximate surface area is 230 Å². The summed E-state index contributed by atoms with van der Waals surface area (Å²) in [4.78, 5) is 10.5. The lowest BCUT2D eigenvalue weighted by Crippen LogP contribution is -2.50. The molecule has 2 aliphatic rings. The van der Waals surface area contributed by atoms with Crippen LogP contribution in [0.25, 0.3) is 0 Å². The van der Waals surface area contributed by atoms with Crippen LogP contribution in [0.1, 0.15) is 5.56 Å². The summed E-state index contributed by atoms with van der Waals surface area (Å²) in [7, 11) is 0. The van der Waals surface area contributed by atoms with Crippen molar-refractivity contribution in [2.24, 2.45) is 0 Å². The molecule has 2 aromatic carbocycles. The van der Waals surface area contributed by atoms with Gasteiger partial charge >= 0.3 is 0 Å². The lowest BCUT2D eigenvalue weighted by atomic mass is 10.1. The zero-order valence-electron chi connectivity index (χ0n) is 20.6. The molecule has 6 rings (SSSR count). The Morgan fingerprint density at radius 3 is 2.55 bits per heavy atom. The molecule has 0 bridgehead atoms. The van der Waals surface area contributed by atoms with Gasteiger partial charge in [0.15, 0.2) is 0 Å². The maximum Gasteiger partial charge on any atom is 0.217 e. The second-order valence-electron chi connectivity index (χ2n) is 9.21. The van der Waals surface area contributed by atoms with Crippen molar-refractivity contribution in [3.05, 3.63) is 89.4 Å². The van der Waals surface area contributed by atoms with E-state index in [-0.39, 0.29) is 12.6 Å². The molecule has 2 saturated heterocycles. The van der Waals surface area contributed by atoms with Gasteiger partial charge in [-0.1, -0.05) is 29.3 Å². The number of piperazine rings is 1. The average Bonchev–Trinajstić information content (AvgIpc) is 3.72. The van der Waals surface area contributed by atoms with E-state index in [1.54, 1.807) is 29.3 Å². The first kappa shape index (κ1) is 25.0. The van der Waals surface area contributed by atoms with Gasteiger partial charge in [0, 0.05) is 41.8 Å². The highest BCUT2D eigenvalue weighted by atomic mass is 35.5. The Morgan fingerprint density at radius 1 is 1.00 bits per heavy atom. The van der Waals surface area contributed by atoms with Crippen LogP contribution < -0.4 is 14.6 Å². The first-order valence-corrected chi connectivity index (χ1v) is 13.1. The molecule has 198 valence electrons. The van der Waals surface area contributed by atoms with E-state index in [0.29, 0.717) is 28.8 Å². The van der Waals surface area contributed by atoms with Crippen LogP contribution in [0.4, 0.5) is 5.69 Å². The molecule has 10 nitrogen and oxygen atoms in total. The largest absolute Gasteiger partial charge is 0.491 e. The highest BCUT2D eigenvalue weighted by molar-refractivity contribution is 6.35. The van der Waals surface area contributed by atoms with Crippen LogP contribution >= 0.6 is 23.2 Å². The zero-order valence-corrected chi connectivity index (χ0v) is 22.1. The molecule has 0 spiro atoms. The molecular formula is C26H27Cl2N7O3. The van der Waals surface area contributed by atoms with Gasteiger partial charge in [0.05, 0.1) is 24.7 Å². The number of nitrogens with zero attached hydrogens (tertiary/aromatic N) is 7. The van der Waals surface area contributed by atoms with Crippen molar-refractivity contribution in [2.45, 2.75) is 18.4 Å². The van der Waals surface area contributed by atoms with Gasteiger partial charge in [-0.2, -0.15) is 5.10 Å². The number of aromatic nitrogens is 5. The summed E-state index contributed by atoms with van der Waals surface area (Å²) in [6.45, 7) is 4.69. The zero-order chi connectivity index (χ0) is 26.0. The molecule has 12 heteroatoms. The Kier molecular flexibility index (Phi) is 7.12. The minimum Gasteiger partial charge on any atom is -0.491 e. The second kappa shape index (κ2) is 10.8. The maximum atomic E-state index is 6.54. The van der Waals surface area contributed by atoms with E-state index in [1.807, 2.05) is 35.4 Å². The van der Waals surface area contributed by atoms with Gasteiger partial charge < -0.3 is 24.1 Å². The summed E-state index contributed by atoms with van der Waals surface area (Å²) in [6, 6.07) is 13.4. The van der Waals surface area contributed by atoms with E-state index < -0.39 is 5.79 Å². The van der Waals surface area contributed by atoms with Gasteiger partial charge in [-0.3, -0.25) is 4.68 Å². The van der Waals surface area contributed by atoms with E-state index >= 15 is 0 Å². The molecule has 0 amide bonds. The van der Waals surface area contributed by atoms with Crippen LogP contribution in [-0.4, -0.2) is 69.9 Å². The molecular weight excluding hydrogens is 529 g/mol. The quantitative estimate of drug-likeness (QED) is 0.326. The summed E-state index contributed by atoms with van der Waals surface area (Å²) in [5.74, 6) is -0.362. The van der Waals surface area contributed by atoms with Gasteiger partial charge in [0.2, 0.25) is 5.79 Å². The molecule has 38 heavy (non-hydrogen) atoms.